The topological polar surface area (TPSA) is 38.4 Å². The van der Waals surface area contributed by atoms with Crippen molar-refractivity contribution in [1.29, 1.82) is 0 Å². The molecule has 0 amide bonds. The number of fused-ring (bicyclic) bond motifs is 1. The van der Waals surface area contributed by atoms with Crippen LogP contribution < -0.4 is 5.76 Å². The van der Waals surface area contributed by atoms with Crippen molar-refractivity contribution in [2.24, 2.45) is 0 Å². The van der Waals surface area contributed by atoms with Crippen molar-refractivity contribution in [3.8, 4) is 0 Å². The Bertz CT molecular complexity index is 888. The summed E-state index contributed by atoms with van der Waals surface area (Å²) in [6, 6.07) is 11.6. The van der Waals surface area contributed by atoms with E-state index in [1.165, 1.54) is 12.1 Å². The predicted octanol–water partition coefficient (Wildman–Crippen LogP) is 3.87. The van der Waals surface area contributed by atoms with E-state index in [4.69, 9.17) is 16.0 Å². The number of hydrogen-bond donors (Lipinski definition) is 0. The number of rotatable bonds is 5. The van der Waals surface area contributed by atoms with Gasteiger partial charge in [-0.05, 0) is 36.4 Å². The number of nitrogens with zero attached hydrogens (tertiary/aromatic N) is 2. The van der Waals surface area contributed by atoms with Crippen molar-refractivity contribution in [1.82, 2.24) is 9.47 Å². The molecule has 0 atom stereocenters. The molecule has 0 bridgehead atoms. The van der Waals surface area contributed by atoms with Crippen molar-refractivity contribution in [2.45, 2.75) is 20.1 Å². The molecule has 0 aliphatic rings. The molecule has 1 heterocycles. The Labute approximate surface area is 137 Å². The van der Waals surface area contributed by atoms with E-state index in [9.17, 15) is 9.18 Å². The Kier molecular flexibility index (Phi) is 4.50. The van der Waals surface area contributed by atoms with Crippen LogP contribution in [0.4, 0.5) is 4.39 Å². The van der Waals surface area contributed by atoms with Crippen LogP contribution in [-0.2, 0) is 13.2 Å². The van der Waals surface area contributed by atoms with Gasteiger partial charge in [-0.1, -0.05) is 30.7 Å². The second-order valence-corrected chi connectivity index (χ2v) is 5.76. The highest BCUT2D eigenvalue weighted by Gasteiger charge is 2.13. The predicted molar refractivity (Wildman–Crippen MR) is 88.0 cm³/mol. The summed E-state index contributed by atoms with van der Waals surface area (Å²) in [4.78, 5) is 14.1. The standard InChI is InChI=1S/C17H16ClFN2O2/c1-2-20(10-12-4-3-5-14(19)8-12)11-21-15-7-6-13(18)9-16(15)23-17(21)22/h3-9H,2,10-11H2,1H3. The zero-order chi connectivity index (χ0) is 16.4. The summed E-state index contributed by atoms with van der Waals surface area (Å²) in [6.45, 7) is 3.61. The minimum atomic E-state index is -0.431. The minimum Gasteiger partial charge on any atom is -0.408 e. The van der Waals surface area contributed by atoms with Gasteiger partial charge in [0.1, 0.15) is 5.82 Å². The highest BCUT2D eigenvalue weighted by molar-refractivity contribution is 6.31. The second-order valence-electron chi connectivity index (χ2n) is 5.32. The van der Waals surface area contributed by atoms with E-state index < -0.39 is 5.76 Å². The van der Waals surface area contributed by atoms with Gasteiger partial charge in [-0.2, -0.15) is 0 Å². The summed E-state index contributed by atoms with van der Waals surface area (Å²) in [5, 5.41) is 0.519. The average molecular weight is 335 g/mol. The molecule has 4 nitrogen and oxygen atoms in total. The maximum absolute atomic E-state index is 13.3. The van der Waals surface area contributed by atoms with Crippen LogP contribution >= 0.6 is 11.6 Å². The highest BCUT2D eigenvalue weighted by atomic mass is 35.5. The van der Waals surface area contributed by atoms with Gasteiger partial charge in [0.05, 0.1) is 12.2 Å². The van der Waals surface area contributed by atoms with E-state index in [0.717, 1.165) is 5.56 Å². The number of halogens is 2. The lowest BCUT2D eigenvalue weighted by Crippen LogP contribution is -2.30. The van der Waals surface area contributed by atoms with Crippen molar-refractivity contribution in [3.63, 3.8) is 0 Å². The van der Waals surface area contributed by atoms with Gasteiger partial charge in [0.25, 0.3) is 0 Å². The first-order valence-electron chi connectivity index (χ1n) is 7.32. The van der Waals surface area contributed by atoms with Crippen molar-refractivity contribution in [2.75, 3.05) is 6.54 Å². The van der Waals surface area contributed by atoms with E-state index in [0.29, 0.717) is 35.9 Å². The first kappa shape index (κ1) is 15.8. The van der Waals surface area contributed by atoms with Crippen molar-refractivity contribution < 1.29 is 8.81 Å². The quantitative estimate of drug-likeness (QED) is 0.711. The van der Waals surface area contributed by atoms with E-state index in [-0.39, 0.29) is 5.82 Å². The first-order valence-corrected chi connectivity index (χ1v) is 7.70. The van der Waals surface area contributed by atoms with Crippen LogP contribution in [0.2, 0.25) is 5.02 Å². The van der Waals surface area contributed by atoms with Gasteiger partial charge in [0.2, 0.25) is 0 Å². The maximum Gasteiger partial charge on any atom is 0.421 e. The van der Waals surface area contributed by atoms with E-state index in [2.05, 4.69) is 0 Å². The zero-order valence-corrected chi connectivity index (χ0v) is 13.4. The number of hydrogen-bond acceptors (Lipinski definition) is 3. The molecule has 0 spiro atoms. The lowest BCUT2D eigenvalue weighted by atomic mass is 10.2. The van der Waals surface area contributed by atoms with E-state index in [1.807, 2.05) is 17.9 Å². The fourth-order valence-corrected chi connectivity index (χ4v) is 2.69. The van der Waals surface area contributed by atoms with Gasteiger partial charge in [-0.15, -0.1) is 0 Å². The molecule has 3 aromatic rings. The molecule has 6 heteroatoms. The minimum absolute atomic E-state index is 0.265. The Morgan fingerprint density at radius 1 is 1.26 bits per heavy atom. The zero-order valence-electron chi connectivity index (χ0n) is 12.6. The monoisotopic (exact) mass is 334 g/mol. The highest BCUT2D eigenvalue weighted by Crippen LogP contribution is 2.19. The Hall–Kier alpha value is -2.11. The third-order valence-electron chi connectivity index (χ3n) is 3.71. The van der Waals surface area contributed by atoms with Gasteiger partial charge in [-0.3, -0.25) is 9.47 Å². The van der Waals surface area contributed by atoms with E-state index in [1.54, 1.807) is 28.8 Å². The molecule has 23 heavy (non-hydrogen) atoms. The third-order valence-corrected chi connectivity index (χ3v) is 3.95. The van der Waals surface area contributed by atoms with Gasteiger partial charge in [0, 0.05) is 17.6 Å². The summed E-state index contributed by atoms with van der Waals surface area (Å²) in [5.41, 5.74) is 2.01. The summed E-state index contributed by atoms with van der Waals surface area (Å²) < 4.78 is 20.1. The molecule has 3 rings (SSSR count). The summed E-state index contributed by atoms with van der Waals surface area (Å²) in [7, 11) is 0. The number of aromatic nitrogens is 1. The van der Waals surface area contributed by atoms with Crippen LogP contribution in [0.5, 0.6) is 0 Å². The second kappa shape index (κ2) is 6.56. The van der Waals surface area contributed by atoms with Crippen LogP contribution in [0.3, 0.4) is 0 Å². The third kappa shape index (κ3) is 3.46. The summed E-state index contributed by atoms with van der Waals surface area (Å²) in [5.74, 6) is -0.695. The largest absolute Gasteiger partial charge is 0.421 e. The SMILES string of the molecule is CCN(Cc1cccc(F)c1)Cn1c(=O)oc2cc(Cl)ccc21. The number of oxazole rings is 1. The van der Waals surface area contributed by atoms with Crippen LogP contribution in [0.1, 0.15) is 12.5 Å². The normalized spacial score (nSPS) is 11.5. The molecule has 0 N–H and O–H groups in total. The molecule has 0 aliphatic heterocycles. The van der Waals surface area contributed by atoms with Gasteiger partial charge < -0.3 is 4.42 Å². The van der Waals surface area contributed by atoms with Gasteiger partial charge >= 0.3 is 5.76 Å². The Balaban J connectivity index is 1.87. The van der Waals surface area contributed by atoms with Crippen LogP contribution in [-0.4, -0.2) is 16.0 Å². The fraction of sp³-hybridized carbons (Fsp3) is 0.235. The molecule has 0 saturated heterocycles. The molecule has 0 saturated carbocycles. The van der Waals surface area contributed by atoms with Crippen LogP contribution in [0.15, 0.2) is 51.7 Å². The molecular formula is C17H16ClFN2O2. The molecule has 120 valence electrons. The fourth-order valence-electron chi connectivity index (χ4n) is 2.53. The van der Waals surface area contributed by atoms with Crippen molar-refractivity contribution in [3.05, 3.63) is 69.4 Å². The summed E-state index contributed by atoms with van der Waals surface area (Å²) >= 11 is 5.92. The number of benzene rings is 2. The van der Waals surface area contributed by atoms with Crippen LogP contribution in [0.25, 0.3) is 11.1 Å². The Morgan fingerprint density at radius 3 is 2.83 bits per heavy atom. The molecule has 1 aromatic heterocycles. The smallest absolute Gasteiger partial charge is 0.408 e. The lowest BCUT2D eigenvalue weighted by Gasteiger charge is -2.20. The first-order chi connectivity index (χ1) is 11.1. The van der Waals surface area contributed by atoms with Gasteiger partial charge in [-0.25, -0.2) is 9.18 Å². The maximum atomic E-state index is 13.3. The van der Waals surface area contributed by atoms with Crippen molar-refractivity contribution >= 4 is 22.7 Å². The molecule has 0 fully saturated rings. The van der Waals surface area contributed by atoms with Crippen LogP contribution in [0, 0.1) is 5.82 Å². The molecule has 0 unspecified atom stereocenters. The Morgan fingerprint density at radius 2 is 2.09 bits per heavy atom. The molecular weight excluding hydrogens is 319 g/mol. The molecule has 2 aromatic carbocycles. The van der Waals surface area contributed by atoms with Gasteiger partial charge in [0.15, 0.2) is 5.58 Å². The van der Waals surface area contributed by atoms with E-state index >= 15 is 0 Å². The average Bonchev–Trinajstić information content (AvgIpc) is 2.81. The molecule has 0 radical (unpaired) electrons. The summed E-state index contributed by atoms with van der Waals surface area (Å²) in [6.07, 6.45) is 0. The molecule has 0 aliphatic carbocycles. The lowest BCUT2D eigenvalue weighted by molar-refractivity contribution is 0.216.